The number of aromatic hydroxyl groups is 2. The van der Waals surface area contributed by atoms with E-state index in [1.54, 1.807) is 4.90 Å². The summed E-state index contributed by atoms with van der Waals surface area (Å²) in [6.07, 6.45) is 1.88. The van der Waals surface area contributed by atoms with Crippen molar-refractivity contribution in [1.29, 1.82) is 0 Å². The molecule has 1 aromatic carbocycles. The van der Waals surface area contributed by atoms with Crippen molar-refractivity contribution in [3.63, 3.8) is 0 Å². The van der Waals surface area contributed by atoms with E-state index in [1.165, 1.54) is 12.1 Å². The maximum Gasteiger partial charge on any atom is 0.257 e. The first-order valence-electron chi connectivity index (χ1n) is 6.11. The second-order valence-electron chi connectivity index (χ2n) is 4.14. The number of phenolic OH excluding ortho intramolecular Hbond substituents is 2. The van der Waals surface area contributed by atoms with Gasteiger partial charge in [-0.3, -0.25) is 4.79 Å². The molecular formula is C13H20N2O3. The van der Waals surface area contributed by atoms with Gasteiger partial charge in [-0.1, -0.05) is 13.3 Å². The lowest BCUT2D eigenvalue weighted by atomic mass is 10.1. The van der Waals surface area contributed by atoms with Crippen molar-refractivity contribution in [1.82, 2.24) is 4.90 Å². The molecule has 0 heterocycles. The zero-order chi connectivity index (χ0) is 13.5. The van der Waals surface area contributed by atoms with Gasteiger partial charge in [0.25, 0.3) is 5.91 Å². The van der Waals surface area contributed by atoms with Gasteiger partial charge in [0.2, 0.25) is 0 Å². The monoisotopic (exact) mass is 252 g/mol. The number of nitrogens with two attached hydrogens (primary N) is 1. The molecule has 1 rings (SSSR count). The third-order valence-corrected chi connectivity index (χ3v) is 2.68. The summed E-state index contributed by atoms with van der Waals surface area (Å²) in [5.41, 5.74) is 5.67. The largest absolute Gasteiger partial charge is 0.508 e. The fourth-order valence-corrected chi connectivity index (χ4v) is 1.69. The molecule has 5 nitrogen and oxygen atoms in total. The van der Waals surface area contributed by atoms with Crippen molar-refractivity contribution < 1.29 is 15.0 Å². The van der Waals surface area contributed by atoms with Crippen LogP contribution in [0.2, 0.25) is 0 Å². The van der Waals surface area contributed by atoms with Gasteiger partial charge in [0.1, 0.15) is 11.5 Å². The lowest BCUT2D eigenvalue weighted by molar-refractivity contribution is 0.0755. The van der Waals surface area contributed by atoms with Gasteiger partial charge in [-0.25, -0.2) is 0 Å². The zero-order valence-corrected chi connectivity index (χ0v) is 10.6. The smallest absolute Gasteiger partial charge is 0.257 e. The molecule has 1 aromatic rings. The lowest BCUT2D eigenvalue weighted by Crippen LogP contribution is -2.36. The van der Waals surface area contributed by atoms with Crippen molar-refractivity contribution in [3.8, 4) is 11.5 Å². The Bertz CT molecular complexity index is 407. The van der Waals surface area contributed by atoms with Crippen LogP contribution in [-0.2, 0) is 0 Å². The molecular weight excluding hydrogens is 232 g/mol. The molecule has 0 atom stereocenters. The first kappa shape index (κ1) is 14.3. The molecule has 0 bridgehead atoms. The first-order chi connectivity index (χ1) is 8.60. The number of unbranched alkanes of at least 4 members (excludes halogenated alkanes) is 1. The molecule has 1 amide bonds. The Hall–Kier alpha value is -1.75. The molecule has 0 spiro atoms. The predicted octanol–water partition coefficient (Wildman–Crippen LogP) is 1.30. The Kier molecular flexibility index (Phi) is 5.45. The molecule has 100 valence electrons. The fourth-order valence-electron chi connectivity index (χ4n) is 1.69. The summed E-state index contributed by atoms with van der Waals surface area (Å²) in [4.78, 5) is 13.8. The van der Waals surface area contributed by atoms with Crippen LogP contribution in [0.4, 0.5) is 0 Å². The first-order valence-corrected chi connectivity index (χ1v) is 6.11. The van der Waals surface area contributed by atoms with E-state index < -0.39 is 0 Å². The van der Waals surface area contributed by atoms with Crippen LogP contribution in [0.25, 0.3) is 0 Å². The van der Waals surface area contributed by atoms with Crippen LogP contribution in [0.15, 0.2) is 18.2 Å². The third-order valence-electron chi connectivity index (χ3n) is 2.68. The average molecular weight is 252 g/mol. The molecule has 0 aromatic heterocycles. The van der Waals surface area contributed by atoms with E-state index >= 15 is 0 Å². The summed E-state index contributed by atoms with van der Waals surface area (Å²) in [6, 6.07) is 3.96. The standard InChI is InChI=1S/C13H20N2O3/c1-2-3-7-15(8-6-14)13(18)11-5-4-10(16)9-12(11)17/h4-5,9,16-17H,2-3,6-8,14H2,1H3. The number of hydrogen-bond acceptors (Lipinski definition) is 4. The summed E-state index contributed by atoms with van der Waals surface area (Å²) in [5.74, 6) is -0.534. The number of hydrogen-bond donors (Lipinski definition) is 3. The number of amides is 1. The van der Waals surface area contributed by atoms with E-state index in [0.29, 0.717) is 19.6 Å². The molecule has 0 saturated carbocycles. The minimum Gasteiger partial charge on any atom is -0.508 e. The van der Waals surface area contributed by atoms with E-state index in [4.69, 9.17) is 5.73 Å². The highest BCUT2D eigenvalue weighted by Crippen LogP contribution is 2.23. The van der Waals surface area contributed by atoms with Crippen molar-refractivity contribution in [3.05, 3.63) is 23.8 Å². The van der Waals surface area contributed by atoms with Gasteiger partial charge in [0, 0.05) is 25.7 Å². The number of phenols is 2. The average Bonchev–Trinajstić information content (AvgIpc) is 2.33. The van der Waals surface area contributed by atoms with E-state index in [0.717, 1.165) is 18.9 Å². The van der Waals surface area contributed by atoms with E-state index in [-0.39, 0.29) is 23.0 Å². The summed E-state index contributed by atoms with van der Waals surface area (Å²) >= 11 is 0. The number of benzene rings is 1. The molecule has 0 saturated heterocycles. The van der Waals surface area contributed by atoms with E-state index in [9.17, 15) is 15.0 Å². The minimum atomic E-state index is -0.258. The molecule has 0 unspecified atom stereocenters. The summed E-state index contributed by atoms with van der Waals surface area (Å²) in [7, 11) is 0. The molecule has 18 heavy (non-hydrogen) atoms. The normalized spacial score (nSPS) is 10.3. The lowest BCUT2D eigenvalue weighted by Gasteiger charge is -2.22. The third kappa shape index (κ3) is 3.63. The highest BCUT2D eigenvalue weighted by Gasteiger charge is 2.18. The molecule has 4 N–H and O–H groups in total. The second-order valence-corrected chi connectivity index (χ2v) is 4.14. The van der Waals surface area contributed by atoms with Gasteiger partial charge in [0.15, 0.2) is 0 Å². The van der Waals surface area contributed by atoms with Gasteiger partial charge in [-0.05, 0) is 18.6 Å². The summed E-state index contributed by atoms with van der Waals surface area (Å²) in [6.45, 7) is 3.50. The van der Waals surface area contributed by atoms with E-state index in [1.807, 2.05) is 6.92 Å². The number of carbonyl (C=O) groups is 1. The predicted molar refractivity (Wildman–Crippen MR) is 69.6 cm³/mol. The maximum atomic E-state index is 12.2. The Morgan fingerprint density at radius 3 is 2.61 bits per heavy atom. The van der Waals surface area contributed by atoms with Gasteiger partial charge in [-0.15, -0.1) is 0 Å². The molecule has 0 aliphatic heterocycles. The van der Waals surface area contributed by atoms with Crippen LogP contribution >= 0.6 is 0 Å². The van der Waals surface area contributed by atoms with Crippen LogP contribution in [-0.4, -0.2) is 40.7 Å². The molecule has 0 aliphatic rings. The van der Waals surface area contributed by atoms with Crippen LogP contribution in [0, 0.1) is 0 Å². The Morgan fingerprint density at radius 2 is 2.06 bits per heavy atom. The van der Waals surface area contributed by atoms with Gasteiger partial charge in [0.05, 0.1) is 5.56 Å². The van der Waals surface area contributed by atoms with Crippen LogP contribution in [0.3, 0.4) is 0 Å². The second kappa shape index (κ2) is 6.86. The highest BCUT2D eigenvalue weighted by atomic mass is 16.3. The van der Waals surface area contributed by atoms with Gasteiger partial charge >= 0.3 is 0 Å². The van der Waals surface area contributed by atoms with E-state index in [2.05, 4.69) is 0 Å². The van der Waals surface area contributed by atoms with Crippen molar-refractivity contribution in [2.45, 2.75) is 19.8 Å². The van der Waals surface area contributed by atoms with Gasteiger partial charge in [-0.2, -0.15) is 0 Å². The quantitative estimate of drug-likeness (QED) is 0.712. The summed E-state index contributed by atoms with van der Waals surface area (Å²) < 4.78 is 0. The number of nitrogens with zero attached hydrogens (tertiary/aromatic N) is 1. The Balaban J connectivity index is 2.87. The molecule has 0 fully saturated rings. The van der Waals surface area contributed by atoms with Crippen LogP contribution in [0.1, 0.15) is 30.1 Å². The minimum absolute atomic E-state index is 0.0667. The number of carbonyl (C=O) groups excluding carboxylic acids is 1. The molecule has 0 radical (unpaired) electrons. The van der Waals surface area contributed by atoms with Crippen LogP contribution in [0.5, 0.6) is 11.5 Å². The van der Waals surface area contributed by atoms with Crippen molar-refractivity contribution >= 4 is 5.91 Å². The fraction of sp³-hybridized carbons (Fsp3) is 0.462. The highest BCUT2D eigenvalue weighted by molar-refractivity contribution is 5.97. The molecule has 5 heteroatoms. The van der Waals surface area contributed by atoms with Gasteiger partial charge < -0.3 is 20.8 Å². The number of rotatable bonds is 6. The van der Waals surface area contributed by atoms with Crippen LogP contribution < -0.4 is 5.73 Å². The van der Waals surface area contributed by atoms with Crippen molar-refractivity contribution in [2.24, 2.45) is 5.73 Å². The SMILES string of the molecule is CCCCN(CCN)C(=O)c1ccc(O)cc1O. The molecule has 0 aliphatic carbocycles. The summed E-state index contributed by atoms with van der Waals surface area (Å²) in [5, 5.41) is 18.9. The topological polar surface area (TPSA) is 86.8 Å². The van der Waals surface area contributed by atoms with Crippen molar-refractivity contribution in [2.75, 3.05) is 19.6 Å². The Labute approximate surface area is 107 Å². The zero-order valence-electron chi connectivity index (χ0n) is 10.6. The maximum absolute atomic E-state index is 12.2. The Morgan fingerprint density at radius 1 is 1.33 bits per heavy atom.